The van der Waals surface area contributed by atoms with E-state index in [9.17, 15) is 4.79 Å². The molecule has 1 aromatic heterocycles. The van der Waals surface area contributed by atoms with Gasteiger partial charge in [-0.05, 0) is 32.8 Å². The third-order valence-corrected chi connectivity index (χ3v) is 3.38. The van der Waals surface area contributed by atoms with Crippen LogP contribution in [-0.4, -0.2) is 29.0 Å². The number of rotatable bonds is 3. The monoisotopic (exact) mass is 260 g/mol. The number of nitrogens with one attached hydrogen (secondary N) is 1. The number of nitrogens with zero attached hydrogens (tertiary/aromatic N) is 3. The smallest absolute Gasteiger partial charge is 0.229 e. The Morgan fingerprint density at radius 1 is 1.47 bits per heavy atom. The standard InChI is InChI=1S/C14H20N4O/c1-3-11(2)17-13(19)12-6-4-9-18(10-12)14-15-7-5-8-16-14/h3,5,7-8,12H,4,6,9-10H2,1-2H3,(H,17,19)/b11-3+/t12-/m0/s1. The van der Waals surface area contributed by atoms with Gasteiger partial charge in [-0.25, -0.2) is 9.97 Å². The molecular weight excluding hydrogens is 240 g/mol. The van der Waals surface area contributed by atoms with Gasteiger partial charge in [-0.3, -0.25) is 4.79 Å². The summed E-state index contributed by atoms with van der Waals surface area (Å²) in [5.41, 5.74) is 0.901. The van der Waals surface area contributed by atoms with E-state index in [0.717, 1.165) is 25.1 Å². The third kappa shape index (κ3) is 3.53. The molecule has 0 aromatic carbocycles. The molecule has 0 spiro atoms. The summed E-state index contributed by atoms with van der Waals surface area (Å²) in [6.07, 6.45) is 7.28. The van der Waals surface area contributed by atoms with E-state index >= 15 is 0 Å². The molecule has 0 unspecified atom stereocenters. The highest BCUT2D eigenvalue weighted by Gasteiger charge is 2.26. The molecule has 1 fully saturated rings. The predicted octanol–water partition coefficient (Wildman–Crippen LogP) is 1.73. The van der Waals surface area contributed by atoms with Crippen LogP contribution in [0.5, 0.6) is 0 Å². The van der Waals surface area contributed by atoms with Crippen molar-refractivity contribution in [2.45, 2.75) is 26.7 Å². The summed E-state index contributed by atoms with van der Waals surface area (Å²) in [7, 11) is 0. The lowest BCUT2D eigenvalue weighted by Gasteiger charge is -2.31. The van der Waals surface area contributed by atoms with Crippen molar-refractivity contribution >= 4 is 11.9 Å². The molecule has 1 N–H and O–H groups in total. The van der Waals surface area contributed by atoms with E-state index in [4.69, 9.17) is 0 Å². The zero-order valence-corrected chi connectivity index (χ0v) is 11.5. The van der Waals surface area contributed by atoms with E-state index in [1.54, 1.807) is 18.5 Å². The average Bonchev–Trinajstić information content (AvgIpc) is 2.48. The summed E-state index contributed by atoms with van der Waals surface area (Å²) in [6, 6.07) is 1.80. The Morgan fingerprint density at radius 3 is 2.89 bits per heavy atom. The van der Waals surface area contributed by atoms with Crippen LogP contribution in [-0.2, 0) is 4.79 Å². The molecule has 1 aliphatic heterocycles. The Kier molecular flexibility index (Phi) is 4.49. The molecule has 0 aliphatic carbocycles. The van der Waals surface area contributed by atoms with Gasteiger partial charge in [0.05, 0.1) is 5.92 Å². The highest BCUT2D eigenvalue weighted by Crippen LogP contribution is 2.20. The first-order chi connectivity index (χ1) is 9.20. The van der Waals surface area contributed by atoms with E-state index in [-0.39, 0.29) is 11.8 Å². The number of aromatic nitrogens is 2. The van der Waals surface area contributed by atoms with Crippen LogP contribution in [0, 0.1) is 5.92 Å². The van der Waals surface area contributed by atoms with Crippen LogP contribution in [0.4, 0.5) is 5.95 Å². The zero-order chi connectivity index (χ0) is 13.7. The van der Waals surface area contributed by atoms with Gasteiger partial charge in [-0.2, -0.15) is 0 Å². The highest BCUT2D eigenvalue weighted by molar-refractivity contribution is 5.81. The van der Waals surface area contributed by atoms with Gasteiger partial charge in [0.25, 0.3) is 0 Å². The second-order valence-electron chi connectivity index (χ2n) is 4.79. The van der Waals surface area contributed by atoms with Crippen molar-refractivity contribution in [3.63, 3.8) is 0 Å². The maximum absolute atomic E-state index is 12.1. The molecule has 5 heteroatoms. The number of carbonyl (C=O) groups is 1. The first-order valence-electron chi connectivity index (χ1n) is 6.66. The fraction of sp³-hybridized carbons (Fsp3) is 0.500. The van der Waals surface area contributed by atoms with Gasteiger partial charge in [0, 0.05) is 31.2 Å². The third-order valence-electron chi connectivity index (χ3n) is 3.38. The number of hydrogen-bond acceptors (Lipinski definition) is 4. The van der Waals surface area contributed by atoms with E-state index in [1.165, 1.54) is 0 Å². The van der Waals surface area contributed by atoms with Gasteiger partial charge in [0.1, 0.15) is 0 Å². The minimum absolute atomic E-state index is 0.00690. The van der Waals surface area contributed by atoms with Gasteiger partial charge in [-0.1, -0.05) is 6.08 Å². The fourth-order valence-electron chi connectivity index (χ4n) is 2.20. The minimum atomic E-state index is 0.00690. The Bertz CT molecular complexity index is 458. The van der Waals surface area contributed by atoms with Gasteiger partial charge >= 0.3 is 0 Å². The van der Waals surface area contributed by atoms with Crippen LogP contribution in [0.2, 0.25) is 0 Å². The number of piperidine rings is 1. The van der Waals surface area contributed by atoms with Crippen LogP contribution in [0.15, 0.2) is 30.2 Å². The van der Waals surface area contributed by atoms with Crippen LogP contribution in [0.3, 0.4) is 0 Å². The van der Waals surface area contributed by atoms with Gasteiger partial charge < -0.3 is 10.2 Å². The molecule has 0 saturated carbocycles. The van der Waals surface area contributed by atoms with Gasteiger partial charge in [0.15, 0.2) is 0 Å². The Morgan fingerprint density at radius 2 is 2.21 bits per heavy atom. The molecule has 1 atom stereocenters. The molecule has 5 nitrogen and oxygen atoms in total. The highest BCUT2D eigenvalue weighted by atomic mass is 16.1. The molecule has 1 aromatic rings. The number of carbonyl (C=O) groups excluding carboxylic acids is 1. The van der Waals surface area contributed by atoms with Gasteiger partial charge in [-0.15, -0.1) is 0 Å². The molecule has 0 bridgehead atoms. The predicted molar refractivity (Wildman–Crippen MR) is 74.5 cm³/mol. The lowest BCUT2D eigenvalue weighted by molar-refractivity contribution is -0.124. The van der Waals surface area contributed by atoms with Crippen molar-refractivity contribution < 1.29 is 4.79 Å². The summed E-state index contributed by atoms with van der Waals surface area (Å²) in [4.78, 5) is 22.7. The SMILES string of the molecule is C/C=C(\C)NC(=O)[C@H]1CCCN(c2ncccn2)C1. The normalized spacial score (nSPS) is 20.2. The zero-order valence-electron chi connectivity index (χ0n) is 11.5. The number of allylic oxidation sites excluding steroid dienone is 2. The largest absolute Gasteiger partial charge is 0.340 e. The average molecular weight is 260 g/mol. The maximum atomic E-state index is 12.1. The minimum Gasteiger partial charge on any atom is -0.340 e. The molecule has 1 aliphatic rings. The second-order valence-corrected chi connectivity index (χ2v) is 4.79. The summed E-state index contributed by atoms with van der Waals surface area (Å²) in [5.74, 6) is 0.812. The number of hydrogen-bond donors (Lipinski definition) is 1. The van der Waals surface area contributed by atoms with E-state index in [0.29, 0.717) is 12.5 Å². The van der Waals surface area contributed by atoms with Crippen LogP contribution < -0.4 is 10.2 Å². The van der Waals surface area contributed by atoms with Crippen molar-refractivity contribution in [2.24, 2.45) is 5.92 Å². The summed E-state index contributed by atoms with van der Waals surface area (Å²) < 4.78 is 0. The number of anilines is 1. The fourth-order valence-corrected chi connectivity index (χ4v) is 2.20. The Hall–Kier alpha value is -1.91. The summed E-state index contributed by atoms with van der Waals surface area (Å²) in [5, 5.41) is 2.93. The molecule has 0 radical (unpaired) electrons. The van der Waals surface area contributed by atoms with Crippen LogP contribution in [0.1, 0.15) is 26.7 Å². The maximum Gasteiger partial charge on any atom is 0.229 e. The molecule has 1 saturated heterocycles. The first-order valence-corrected chi connectivity index (χ1v) is 6.66. The number of amides is 1. The van der Waals surface area contributed by atoms with Crippen LogP contribution in [0.25, 0.3) is 0 Å². The first kappa shape index (κ1) is 13.5. The van der Waals surface area contributed by atoms with Crippen molar-refractivity contribution in [3.8, 4) is 0 Å². The summed E-state index contributed by atoms with van der Waals surface area (Å²) in [6.45, 7) is 5.42. The van der Waals surface area contributed by atoms with Crippen molar-refractivity contribution in [3.05, 3.63) is 30.2 Å². The van der Waals surface area contributed by atoms with Gasteiger partial charge in [0.2, 0.25) is 11.9 Å². The van der Waals surface area contributed by atoms with E-state index in [1.807, 2.05) is 19.9 Å². The van der Waals surface area contributed by atoms with Crippen molar-refractivity contribution in [2.75, 3.05) is 18.0 Å². The summed E-state index contributed by atoms with van der Waals surface area (Å²) >= 11 is 0. The van der Waals surface area contributed by atoms with Crippen LogP contribution >= 0.6 is 0 Å². The molecular formula is C14H20N4O. The lowest BCUT2D eigenvalue weighted by Crippen LogP contribution is -2.43. The quantitative estimate of drug-likeness (QED) is 0.899. The molecule has 2 heterocycles. The molecule has 19 heavy (non-hydrogen) atoms. The van der Waals surface area contributed by atoms with Crippen molar-refractivity contribution in [1.82, 2.24) is 15.3 Å². The lowest BCUT2D eigenvalue weighted by atomic mass is 9.97. The second kappa shape index (κ2) is 6.31. The topological polar surface area (TPSA) is 58.1 Å². The molecule has 102 valence electrons. The Labute approximate surface area is 113 Å². The van der Waals surface area contributed by atoms with Crippen molar-refractivity contribution in [1.29, 1.82) is 0 Å². The van der Waals surface area contributed by atoms with E-state index < -0.39 is 0 Å². The Balaban J connectivity index is 1.99. The molecule has 2 rings (SSSR count). The van der Waals surface area contributed by atoms with E-state index in [2.05, 4.69) is 20.2 Å². The molecule has 1 amide bonds.